The van der Waals surface area contributed by atoms with Crippen molar-refractivity contribution in [3.05, 3.63) is 75.7 Å². The third-order valence-corrected chi connectivity index (χ3v) is 5.30. The molecule has 0 spiro atoms. The minimum absolute atomic E-state index is 0.190. The molecule has 0 aliphatic carbocycles. The standard InChI is InChI=1S/C19H21ClN6O/c20-17-8-6-16(7-9-17)14-23-10-12-24(13-11-23)15-25-19(27)26(22-21-25)18-4-2-1-3-5-18/h1-9H,10-15H2/p+2. The number of benzene rings is 2. The molecule has 0 saturated carbocycles. The second kappa shape index (κ2) is 8.04. The minimum atomic E-state index is -0.190. The number of piperazine rings is 1. The molecule has 1 fully saturated rings. The number of quaternary nitrogens is 2. The molecule has 2 heterocycles. The van der Waals surface area contributed by atoms with Crippen LogP contribution in [0.15, 0.2) is 59.4 Å². The summed E-state index contributed by atoms with van der Waals surface area (Å²) < 4.78 is 2.81. The Bertz CT molecular complexity index is 929. The summed E-state index contributed by atoms with van der Waals surface area (Å²) in [6.45, 7) is 5.72. The van der Waals surface area contributed by atoms with E-state index in [2.05, 4.69) is 22.6 Å². The molecule has 2 aromatic carbocycles. The van der Waals surface area contributed by atoms with Crippen molar-refractivity contribution >= 4 is 11.6 Å². The van der Waals surface area contributed by atoms with Gasteiger partial charge in [0.25, 0.3) is 0 Å². The topological polar surface area (TPSA) is 61.6 Å². The van der Waals surface area contributed by atoms with Gasteiger partial charge in [0.1, 0.15) is 32.7 Å². The van der Waals surface area contributed by atoms with Crippen molar-refractivity contribution in [2.75, 3.05) is 26.2 Å². The highest BCUT2D eigenvalue weighted by atomic mass is 35.5. The molecule has 7 nitrogen and oxygen atoms in total. The van der Waals surface area contributed by atoms with Crippen molar-refractivity contribution in [1.29, 1.82) is 0 Å². The quantitative estimate of drug-likeness (QED) is 0.593. The zero-order valence-electron chi connectivity index (χ0n) is 15.0. The van der Waals surface area contributed by atoms with Crippen LogP contribution < -0.4 is 15.5 Å². The highest BCUT2D eigenvalue weighted by molar-refractivity contribution is 6.30. The van der Waals surface area contributed by atoms with Crippen LogP contribution in [0.25, 0.3) is 5.69 Å². The molecule has 140 valence electrons. The SMILES string of the molecule is O=c1n(C[NH+]2CC[NH+](Cc3ccc(Cl)cc3)CC2)nnn1-c1ccccc1. The maximum atomic E-state index is 12.5. The van der Waals surface area contributed by atoms with Crippen LogP contribution in [0.4, 0.5) is 0 Å². The summed E-state index contributed by atoms with van der Waals surface area (Å²) in [6, 6.07) is 17.5. The first-order valence-corrected chi connectivity index (χ1v) is 9.57. The zero-order chi connectivity index (χ0) is 18.6. The van der Waals surface area contributed by atoms with Crippen LogP contribution in [0.3, 0.4) is 0 Å². The summed E-state index contributed by atoms with van der Waals surface area (Å²) in [5.74, 6) is 0. The van der Waals surface area contributed by atoms with E-state index in [1.165, 1.54) is 19.8 Å². The van der Waals surface area contributed by atoms with Gasteiger partial charge in [0, 0.05) is 10.6 Å². The first-order valence-electron chi connectivity index (χ1n) is 9.19. The van der Waals surface area contributed by atoms with Gasteiger partial charge in [-0.15, -0.1) is 4.68 Å². The molecule has 3 aromatic rings. The summed E-state index contributed by atoms with van der Waals surface area (Å²) in [5.41, 5.74) is 1.85. The van der Waals surface area contributed by atoms with Gasteiger partial charge in [-0.25, -0.2) is 4.79 Å². The second-order valence-electron chi connectivity index (χ2n) is 6.97. The van der Waals surface area contributed by atoms with Gasteiger partial charge in [0.15, 0.2) is 6.67 Å². The Kier molecular flexibility index (Phi) is 5.33. The molecule has 0 unspecified atom stereocenters. The van der Waals surface area contributed by atoms with Crippen LogP contribution in [-0.2, 0) is 13.2 Å². The predicted molar refractivity (Wildman–Crippen MR) is 102 cm³/mol. The van der Waals surface area contributed by atoms with Crippen molar-refractivity contribution in [2.45, 2.75) is 13.2 Å². The van der Waals surface area contributed by atoms with Gasteiger partial charge in [-0.3, -0.25) is 0 Å². The average molecular weight is 387 g/mol. The molecule has 4 rings (SSSR count). The highest BCUT2D eigenvalue weighted by Gasteiger charge is 2.24. The molecular formula is C19H23ClN6O+2. The Morgan fingerprint density at radius 1 is 0.889 bits per heavy atom. The maximum absolute atomic E-state index is 12.5. The fourth-order valence-electron chi connectivity index (χ4n) is 3.50. The smallest absolute Gasteiger partial charge is 0.322 e. The summed E-state index contributed by atoms with van der Waals surface area (Å²) in [7, 11) is 0. The van der Waals surface area contributed by atoms with Gasteiger partial charge in [-0.05, 0) is 34.7 Å². The molecule has 1 aliphatic rings. The fraction of sp³-hybridized carbons (Fsp3) is 0.316. The lowest BCUT2D eigenvalue weighted by atomic mass is 10.2. The predicted octanol–water partition coefficient (Wildman–Crippen LogP) is -0.976. The van der Waals surface area contributed by atoms with E-state index >= 15 is 0 Å². The number of tetrazole rings is 1. The van der Waals surface area contributed by atoms with E-state index in [1.807, 2.05) is 42.5 Å². The molecule has 0 atom stereocenters. The number of aromatic nitrogens is 4. The van der Waals surface area contributed by atoms with E-state index in [1.54, 1.807) is 4.90 Å². The first-order chi connectivity index (χ1) is 13.2. The summed E-state index contributed by atoms with van der Waals surface area (Å²) in [5, 5.41) is 8.85. The average Bonchev–Trinajstić information content (AvgIpc) is 3.06. The van der Waals surface area contributed by atoms with Gasteiger partial charge in [-0.1, -0.05) is 41.9 Å². The summed E-state index contributed by atoms with van der Waals surface area (Å²) in [4.78, 5) is 15.5. The molecule has 1 saturated heterocycles. The van der Waals surface area contributed by atoms with Gasteiger partial charge < -0.3 is 9.80 Å². The van der Waals surface area contributed by atoms with Crippen LogP contribution in [0.1, 0.15) is 5.56 Å². The van der Waals surface area contributed by atoms with Gasteiger partial charge in [-0.2, -0.15) is 4.68 Å². The van der Waals surface area contributed by atoms with E-state index in [-0.39, 0.29) is 5.69 Å². The van der Waals surface area contributed by atoms with Crippen LogP contribution in [0.2, 0.25) is 5.02 Å². The van der Waals surface area contributed by atoms with Gasteiger partial charge >= 0.3 is 5.69 Å². The fourth-order valence-corrected chi connectivity index (χ4v) is 3.63. The third-order valence-electron chi connectivity index (χ3n) is 5.05. The van der Waals surface area contributed by atoms with E-state index < -0.39 is 0 Å². The number of nitrogens with zero attached hydrogens (tertiary/aromatic N) is 4. The molecule has 1 aromatic heterocycles. The number of rotatable bonds is 5. The van der Waals surface area contributed by atoms with E-state index in [9.17, 15) is 4.79 Å². The van der Waals surface area contributed by atoms with E-state index in [0.29, 0.717) is 6.67 Å². The lowest BCUT2D eigenvalue weighted by Crippen LogP contribution is -3.27. The van der Waals surface area contributed by atoms with Crippen molar-refractivity contribution in [3.63, 3.8) is 0 Å². The van der Waals surface area contributed by atoms with E-state index in [4.69, 9.17) is 11.6 Å². The Morgan fingerprint density at radius 2 is 1.56 bits per heavy atom. The lowest BCUT2D eigenvalue weighted by Gasteiger charge is -2.29. The third kappa shape index (κ3) is 4.27. The Balaban J connectivity index is 1.34. The van der Waals surface area contributed by atoms with Crippen LogP contribution in [0.5, 0.6) is 0 Å². The Labute approximate surface area is 162 Å². The summed E-state index contributed by atoms with van der Waals surface area (Å²) in [6.07, 6.45) is 0. The Hall–Kier alpha value is -2.48. The molecule has 2 N–H and O–H groups in total. The van der Waals surface area contributed by atoms with Gasteiger partial charge in [0.05, 0.1) is 5.69 Å². The zero-order valence-corrected chi connectivity index (χ0v) is 15.8. The number of hydrogen-bond donors (Lipinski definition) is 2. The molecular weight excluding hydrogens is 364 g/mol. The van der Waals surface area contributed by atoms with Crippen molar-refractivity contribution in [1.82, 2.24) is 19.8 Å². The number of nitrogens with one attached hydrogen (secondary N) is 2. The highest BCUT2D eigenvalue weighted by Crippen LogP contribution is 2.08. The first kappa shape index (κ1) is 17.9. The maximum Gasteiger partial charge on any atom is 0.373 e. The molecule has 0 radical (unpaired) electrons. The second-order valence-corrected chi connectivity index (χ2v) is 7.41. The van der Waals surface area contributed by atoms with Crippen LogP contribution >= 0.6 is 11.6 Å². The van der Waals surface area contributed by atoms with Crippen molar-refractivity contribution < 1.29 is 9.80 Å². The monoisotopic (exact) mass is 386 g/mol. The van der Waals surface area contributed by atoms with Crippen LogP contribution in [-0.4, -0.2) is 46.0 Å². The van der Waals surface area contributed by atoms with Gasteiger partial charge in [0.2, 0.25) is 0 Å². The summed E-state index contributed by atoms with van der Waals surface area (Å²) >= 11 is 5.95. The number of para-hydroxylation sites is 1. The van der Waals surface area contributed by atoms with Crippen molar-refractivity contribution in [2.24, 2.45) is 0 Å². The molecule has 0 amide bonds. The lowest BCUT2D eigenvalue weighted by molar-refractivity contribution is -1.03. The molecule has 8 heteroatoms. The number of hydrogen-bond acceptors (Lipinski definition) is 3. The largest absolute Gasteiger partial charge is 0.373 e. The number of halogens is 1. The molecule has 27 heavy (non-hydrogen) atoms. The van der Waals surface area contributed by atoms with Crippen LogP contribution in [0, 0.1) is 0 Å². The molecule has 0 bridgehead atoms. The van der Waals surface area contributed by atoms with Crippen molar-refractivity contribution in [3.8, 4) is 5.69 Å². The minimum Gasteiger partial charge on any atom is -0.322 e. The normalized spacial score (nSPS) is 19.9. The Morgan fingerprint density at radius 3 is 2.26 bits per heavy atom. The molecule has 1 aliphatic heterocycles. The van der Waals surface area contributed by atoms with E-state index in [0.717, 1.165) is 43.4 Å².